The van der Waals surface area contributed by atoms with Crippen molar-refractivity contribution in [1.82, 2.24) is 10.3 Å². The van der Waals surface area contributed by atoms with Gasteiger partial charge in [0.05, 0.1) is 24.9 Å². The molecule has 5 heteroatoms. The van der Waals surface area contributed by atoms with Crippen molar-refractivity contribution in [2.45, 2.75) is 33.7 Å². The summed E-state index contributed by atoms with van der Waals surface area (Å²) in [5.74, 6) is 1.74. The van der Waals surface area contributed by atoms with Gasteiger partial charge >= 0.3 is 0 Å². The third-order valence-corrected chi connectivity index (χ3v) is 4.51. The fourth-order valence-electron chi connectivity index (χ4n) is 2.18. The molecule has 1 aromatic heterocycles. The number of nitrogens with one attached hydrogen (secondary N) is 1. The van der Waals surface area contributed by atoms with Gasteiger partial charge in [0.1, 0.15) is 16.5 Å². The summed E-state index contributed by atoms with van der Waals surface area (Å²) >= 11 is 1.66. The van der Waals surface area contributed by atoms with Gasteiger partial charge in [-0.25, -0.2) is 4.98 Å². The number of aromatic nitrogens is 1. The Morgan fingerprint density at radius 2 is 1.86 bits per heavy atom. The highest BCUT2D eigenvalue weighted by Crippen LogP contribution is 2.37. The topological polar surface area (TPSA) is 43.4 Å². The third-order valence-electron chi connectivity index (χ3n) is 3.48. The quantitative estimate of drug-likeness (QED) is 0.830. The Balaban J connectivity index is 2.46. The van der Waals surface area contributed by atoms with Crippen molar-refractivity contribution in [2.75, 3.05) is 20.3 Å². The van der Waals surface area contributed by atoms with Crippen molar-refractivity contribution in [1.29, 1.82) is 0 Å². The fourth-order valence-corrected chi connectivity index (χ4v) is 3.07. The summed E-state index contributed by atoms with van der Waals surface area (Å²) < 4.78 is 11.5. The Hall–Kier alpha value is -1.59. The van der Waals surface area contributed by atoms with Crippen molar-refractivity contribution in [2.24, 2.45) is 0 Å². The van der Waals surface area contributed by atoms with Gasteiger partial charge in [-0.1, -0.05) is 0 Å². The minimum absolute atomic E-state index is 0.242. The third kappa shape index (κ3) is 3.59. The lowest BCUT2D eigenvalue weighted by atomic mass is 10.1. The Bertz CT molecular complexity index is 625. The van der Waals surface area contributed by atoms with Crippen LogP contribution < -0.4 is 14.8 Å². The molecule has 2 rings (SSSR count). The molecule has 22 heavy (non-hydrogen) atoms. The van der Waals surface area contributed by atoms with Crippen LogP contribution in [0.1, 0.15) is 37.4 Å². The summed E-state index contributed by atoms with van der Waals surface area (Å²) in [5, 5.41) is 6.36. The van der Waals surface area contributed by atoms with Crippen LogP contribution in [0.4, 0.5) is 0 Å². The maximum Gasteiger partial charge on any atom is 0.129 e. The van der Waals surface area contributed by atoms with E-state index in [0.717, 1.165) is 33.3 Å². The first-order valence-corrected chi connectivity index (χ1v) is 8.51. The van der Waals surface area contributed by atoms with Crippen LogP contribution in [0, 0.1) is 6.92 Å². The van der Waals surface area contributed by atoms with E-state index in [2.05, 4.69) is 17.6 Å². The van der Waals surface area contributed by atoms with Gasteiger partial charge in [0.2, 0.25) is 0 Å². The number of ether oxygens (including phenoxy) is 2. The van der Waals surface area contributed by atoms with E-state index >= 15 is 0 Å². The Kier molecular flexibility index (Phi) is 5.80. The molecular weight excluding hydrogens is 296 g/mol. The number of aryl methyl sites for hydroxylation is 1. The minimum atomic E-state index is 0.242. The van der Waals surface area contributed by atoms with E-state index in [1.54, 1.807) is 11.3 Å². The van der Waals surface area contributed by atoms with Crippen molar-refractivity contribution in [3.8, 4) is 22.8 Å². The lowest BCUT2D eigenvalue weighted by Crippen LogP contribution is -2.11. The first-order valence-electron chi connectivity index (χ1n) is 7.63. The monoisotopic (exact) mass is 320 g/mol. The predicted octanol–water partition coefficient (Wildman–Crippen LogP) is 4.20. The van der Waals surface area contributed by atoms with Crippen molar-refractivity contribution >= 4 is 11.3 Å². The number of benzene rings is 1. The van der Waals surface area contributed by atoms with Crippen LogP contribution in [0.2, 0.25) is 0 Å². The number of thiazole rings is 1. The molecule has 0 fully saturated rings. The first kappa shape index (κ1) is 16.8. The van der Waals surface area contributed by atoms with Gasteiger partial charge in [-0.2, -0.15) is 0 Å². The zero-order chi connectivity index (χ0) is 16.1. The van der Waals surface area contributed by atoms with Crippen LogP contribution in [0.5, 0.6) is 11.5 Å². The average Bonchev–Trinajstić information content (AvgIpc) is 2.99. The SMILES string of the molecule is CCOc1cc(-c2csc(C(C)NC)n2)c(OCC)cc1C. The zero-order valence-corrected chi connectivity index (χ0v) is 14.7. The van der Waals surface area contributed by atoms with Gasteiger partial charge in [0, 0.05) is 10.9 Å². The molecule has 0 bridgehead atoms. The molecule has 4 nitrogen and oxygen atoms in total. The van der Waals surface area contributed by atoms with E-state index in [9.17, 15) is 0 Å². The highest BCUT2D eigenvalue weighted by Gasteiger charge is 2.16. The predicted molar refractivity (Wildman–Crippen MR) is 92.1 cm³/mol. The van der Waals surface area contributed by atoms with Crippen LogP contribution >= 0.6 is 11.3 Å². The maximum absolute atomic E-state index is 5.79. The van der Waals surface area contributed by atoms with Gasteiger partial charge in [-0.05, 0) is 52.4 Å². The first-order chi connectivity index (χ1) is 10.6. The molecule has 1 N–H and O–H groups in total. The van der Waals surface area contributed by atoms with Crippen LogP contribution in [0.3, 0.4) is 0 Å². The molecule has 1 heterocycles. The number of nitrogens with zero attached hydrogens (tertiary/aromatic N) is 1. The molecule has 2 aromatic rings. The normalized spacial score (nSPS) is 12.2. The Morgan fingerprint density at radius 1 is 1.18 bits per heavy atom. The lowest BCUT2D eigenvalue weighted by molar-refractivity contribution is 0.329. The molecule has 1 atom stereocenters. The molecule has 0 saturated carbocycles. The number of rotatable bonds is 7. The van der Waals surface area contributed by atoms with Crippen LogP contribution in [-0.2, 0) is 0 Å². The Labute approximate surface area is 136 Å². The van der Waals surface area contributed by atoms with E-state index in [-0.39, 0.29) is 6.04 Å². The average molecular weight is 320 g/mol. The molecule has 0 saturated heterocycles. The largest absolute Gasteiger partial charge is 0.494 e. The summed E-state index contributed by atoms with van der Waals surface area (Å²) in [5.41, 5.74) is 3.00. The van der Waals surface area contributed by atoms with E-state index in [0.29, 0.717) is 13.2 Å². The van der Waals surface area contributed by atoms with E-state index < -0.39 is 0 Å². The molecule has 0 amide bonds. The summed E-state index contributed by atoms with van der Waals surface area (Å²) in [6, 6.07) is 4.31. The highest BCUT2D eigenvalue weighted by molar-refractivity contribution is 7.10. The molecular formula is C17H24N2O2S. The van der Waals surface area contributed by atoms with Crippen molar-refractivity contribution in [3.63, 3.8) is 0 Å². The molecule has 0 radical (unpaired) electrons. The van der Waals surface area contributed by atoms with Crippen LogP contribution in [-0.4, -0.2) is 25.2 Å². The minimum Gasteiger partial charge on any atom is -0.494 e. The molecule has 1 unspecified atom stereocenters. The van der Waals surface area contributed by atoms with E-state index in [4.69, 9.17) is 14.5 Å². The molecule has 0 aliphatic rings. The van der Waals surface area contributed by atoms with Gasteiger partial charge in [0.25, 0.3) is 0 Å². The van der Waals surface area contributed by atoms with Gasteiger partial charge < -0.3 is 14.8 Å². The van der Waals surface area contributed by atoms with E-state index in [1.807, 2.05) is 40.0 Å². The number of hydrogen-bond acceptors (Lipinski definition) is 5. The van der Waals surface area contributed by atoms with Crippen LogP contribution in [0.15, 0.2) is 17.5 Å². The van der Waals surface area contributed by atoms with Gasteiger partial charge in [-0.15, -0.1) is 11.3 Å². The molecule has 0 spiro atoms. The lowest BCUT2D eigenvalue weighted by Gasteiger charge is -2.14. The van der Waals surface area contributed by atoms with Gasteiger partial charge in [-0.3, -0.25) is 0 Å². The second kappa shape index (κ2) is 7.61. The summed E-state index contributed by atoms with van der Waals surface area (Å²) in [6.07, 6.45) is 0. The Morgan fingerprint density at radius 3 is 2.50 bits per heavy atom. The molecule has 1 aromatic carbocycles. The molecule has 0 aliphatic carbocycles. The summed E-state index contributed by atoms with van der Waals surface area (Å²) in [7, 11) is 1.94. The number of hydrogen-bond donors (Lipinski definition) is 1. The maximum atomic E-state index is 5.79. The highest BCUT2D eigenvalue weighted by atomic mass is 32.1. The summed E-state index contributed by atoms with van der Waals surface area (Å²) in [4.78, 5) is 4.75. The second-order valence-electron chi connectivity index (χ2n) is 5.06. The molecule has 120 valence electrons. The van der Waals surface area contributed by atoms with Crippen molar-refractivity contribution in [3.05, 3.63) is 28.1 Å². The summed E-state index contributed by atoms with van der Waals surface area (Å²) in [6.45, 7) is 9.40. The van der Waals surface area contributed by atoms with Crippen molar-refractivity contribution < 1.29 is 9.47 Å². The van der Waals surface area contributed by atoms with Crippen LogP contribution in [0.25, 0.3) is 11.3 Å². The molecule has 0 aliphatic heterocycles. The smallest absolute Gasteiger partial charge is 0.129 e. The second-order valence-corrected chi connectivity index (χ2v) is 5.95. The zero-order valence-electron chi connectivity index (χ0n) is 13.9. The van der Waals surface area contributed by atoms with E-state index in [1.165, 1.54) is 0 Å². The fraction of sp³-hybridized carbons (Fsp3) is 0.471. The van der Waals surface area contributed by atoms with Gasteiger partial charge in [0.15, 0.2) is 0 Å². The standard InChI is InChI=1S/C17H24N2O2S/c1-6-20-15-9-13(16(21-7-2)8-11(15)3)14-10-22-17(19-14)12(4)18-5/h8-10,12,18H,6-7H2,1-5H3.